The topological polar surface area (TPSA) is 20.2 Å². The Kier molecular flexibility index (Phi) is 3.96. The summed E-state index contributed by atoms with van der Waals surface area (Å²) in [5.74, 6) is -2.70. The molecule has 2 aromatic carbocycles. The highest BCUT2D eigenvalue weighted by molar-refractivity contribution is 9.10. The Hall–Kier alpha value is -1.33. The molecule has 0 heterocycles. The molecule has 0 aromatic heterocycles. The van der Waals surface area contributed by atoms with E-state index in [-0.39, 0.29) is 16.7 Å². The van der Waals surface area contributed by atoms with Crippen LogP contribution < -0.4 is 0 Å². The summed E-state index contributed by atoms with van der Waals surface area (Å²) >= 11 is 3.08. The van der Waals surface area contributed by atoms with Crippen LogP contribution in [0.5, 0.6) is 0 Å². The zero-order chi connectivity index (χ0) is 14.2. The second-order valence-electron chi connectivity index (χ2n) is 4.20. The molecule has 0 amide bonds. The zero-order valence-corrected chi connectivity index (χ0v) is 11.5. The Morgan fingerprint density at radius 1 is 1.05 bits per heavy atom. The monoisotopic (exact) mass is 330 g/mol. The third-order valence-electron chi connectivity index (χ3n) is 2.80. The van der Waals surface area contributed by atoms with Gasteiger partial charge >= 0.3 is 0 Å². The van der Waals surface area contributed by atoms with Gasteiger partial charge in [0.25, 0.3) is 0 Å². The lowest BCUT2D eigenvalue weighted by atomic mass is 9.99. The molecule has 0 saturated carbocycles. The van der Waals surface area contributed by atoms with Crippen LogP contribution in [0.4, 0.5) is 13.2 Å². The van der Waals surface area contributed by atoms with Gasteiger partial charge < -0.3 is 5.11 Å². The van der Waals surface area contributed by atoms with Crippen molar-refractivity contribution >= 4 is 15.9 Å². The lowest BCUT2D eigenvalue weighted by Crippen LogP contribution is -2.06. The molecule has 0 spiro atoms. The highest BCUT2D eigenvalue weighted by atomic mass is 79.9. The van der Waals surface area contributed by atoms with Crippen LogP contribution in [0.3, 0.4) is 0 Å². The minimum atomic E-state index is -1.43. The van der Waals surface area contributed by atoms with Gasteiger partial charge in [0.2, 0.25) is 0 Å². The fourth-order valence-corrected chi connectivity index (χ4v) is 2.27. The number of aryl methyl sites for hydroxylation is 1. The minimum Gasteiger partial charge on any atom is -0.384 e. The van der Waals surface area contributed by atoms with Crippen molar-refractivity contribution in [2.24, 2.45) is 0 Å². The number of aliphatic hydroxyl groups is 1. The van der Waals surface area contributed by atoms with Crippen LogP contribution in [0.1, 0.15) is 22.8 Å². The molecule has 1 N–H and O–H groups in total. The molecule has 0 aliphatic carbocycles. The summed E-state index contributed by atoms with van der Waals surface area (Å²) in [6.45, 7) is 1.42. The highest BCUT2D eigenvalue weighted by Crippen LogP contribution is 2.29. The van der Waals surface area contributed by atoms with Crippen LogP contribution in [0.2, 0.25) is 0 Å². The first-order chi connectivity index (χ1) is 8.90. The molecular formula is C14H10BrF3O. The molecule has 1 unspecified atom stereocenters. The van der Waals surface area contributed by atoms with Gasteiger partial charge in [-0.25, -0.2) is 13.2 Å². The van der Waals surface area contributed by atoms with E-state index < -0.39 is 23.6 Å². The number of benzene rings is 2. The molecule has 2 aromatic rings. The maximum atomic E-state index is 13.8. The summed E-state index contributed by atoms with van der Waals surface area (Å²) in [6, 6.07) is 6.39. The average molecular weight is 331 g/mol. The Morgan fingerprint density at radius 3 is 2.37 bits per heavy atom. The Labute approximate surface area is 116 Å². The molecule has 5 heteroatoms. The number of hydrogen-bond donors (Lipinski definition) is 1. The number of hydrogen-bond acceptors (Lipinski definition) is 1. The summed E-state index contributed by atoms with van der Waals surface area (Å²) in [4.78, 5) is 0. The smallest absolute Gasteiger partial charge is 0.165 e. The SMILES string of the molecule is Cc1ccc(C(O)c2cc(F)cc(Br)c2)c(F)c1F. The summed E-state index contributed by atoms with van der Waals surface area (Å²) in [7, 11) is 0. The highest BCUT2D eigenvalue weighted by Gasteiger charge is 2.19. The van der Waals surface area contributed by atoms with Gasteiger partial charge in [-0.3, -0.25) is 0 Å². The van der Waals surface area contributed by atoms with Crippen molar-refractivity contribution in [2.75, 3.05) is 0 Å². The van der Waals surface area contributed by atoms with E-state index in [1.54, 1.807) is 0 Å². The van der Waals surface area contributed by atoms with Crippen molar-refractivity contribution in [3.63, 3.8) is 0 Å². The summed E-state index contributed by atoms with van der Waals surface area (Å²) < 4.78 is 40.9. The first-order valence-electron chi connectivity index (χ1n) is 5.48. The molecule has 0 bridgehead atoms. The number of aliphatic hydroxyl groups excluding tert-OH is 1. The molecule has 0 aliphatic heterocycles. The van der Waals surface area contributed by atoms with E-state index >= 15 is 0 Å². The molecule has 19 heavy (non-hydrogen) atoms. The first-order valence-corrected chi connectivity index (χ1v) is 6.28. The van der Waals surface area contributed by atoms with Crippen LogP contribution in [0.15, 0.2) is 34.8 Å². The fourth-order valence-electron chi connectivity index (χ4n) is 1.78. The molecule has 100 valence electrons. The molecule has 0 fully saturated rings. The summed E-state index contributed by atoms with van der Waals surface area (Å²) in [5.41, 5.74) is 0.0727. The first kappa shape index (κ1) is 14.1. The van der Waals surface area contributed by atoms with Gasteiger partial charge in [0.1, 0.15) is 11.9 Å². The van der Waals surface area contributed by atoms with Crippen LogP contribution in [0.25, 0.3) is 0 Å². The van der Waals surface area contributed by atoms with Gasteiger partial charge in [-0.15, -0.1) is 0 Å². The van der Waals surface area contributed by atoms with Crippen LogP contribution in [0, 0.1) is 24.4 Å². The quantitative estimate of drug-likeness (QED) is 0.872. The van der Waals surface area contributed by atoms with Crippen molar-refractivity contribution in [3.05, 3.63) is 68.9 Å². The van der Waals surface area contributed by atoms with Gasteiger partial charge in [-0.1, -0.05) is 28.1 Å². The summed E-state index contributed by atoms with van der Waals surface area (Å²) in [5, 5.41) is 10.0. The lowest BCUT2D eigenvalue weighted by Gasteiger charge is -2.14. The molecule has 2 rings (SSSR count). The number of halogens is 4. The van der Waals surface area contributed by atoms with Crippen molar-refractivity contribution < 1.29 is 18.3 Å². The van der Waals surface area contributed by atoms with E-state index in [1.165, 1.54) is 31.2 Å². The minimum absolute atomic E-state index is 0.147. The summed E-state index contributed by atoms with van der Waals surface area (Å²) in [6.07, 6.45) is -1.43. The third-order valence-corrected chi connectivity index (χ3v) is 3.26. The molecule has 0 saturated heterocycles. The van der Waals surface area contributed by atoms with Crippen molar-refractivity contribution in [2.45, 2.75) is 13.0 Å². The molecule has 1 atom stereocenters. The normalized spacial score (nSPS) is 12.5. The maximum absolute atomic E-state index is 13.8. The van der Waals surface area contributed by atoms with Crippen LogP contribution in [-0.4, -0.2) is 5.11 Å². The standard InChI is InChI=1S/C14H10BrF3O/c1-7-2-3-11(13(18)12(7)17)14(19)8-4-9(15)6-10(16)5-8/h2-6,14,19H,1H3. The average Bonchev–Trinajstić information content (AvgIpc) is 2.34. The van der Waals surface area contributed by atoms with Crippen molar-refractivity contribution in [1.82, 2.24) is 0 Å². The Morgan fingerprint density at radius 2 is 1.74 bits per heavy atom. The van der Waals surface area contributed by atoms with Gasteiger partial charge in [0.05, 0.1) is 0 Å². The van der Waals surface area contributed by atoms with Gasteiger partial charge in [-0.05, 0) is 36.2 Å². The number of rotatable bonds is 2. The molecular weight excluding hydrogens is 321 g/mol. The van der Waals surface area contributed by atoms with Crippen molar-refractivity contribution in [1.29, 1.82) is 0 Å². The van der Waals surface area contributed by atoms with Crippen LogP contribution in [-0.2, 0) is 0 Å². The predicted molar refractivity (Wildman–Crippen MR) is 69.3 cm³/mol. The Bertz CT molecular complexity index is 608. The van der Waals surface area contributed by atoms with E-state index in [9.17, 15) is 18.3 Å². The molecule has 0 radical (unpaired) electrons. The molecule has 0 aliphatic rings. The second kappa shape index (κ2) is 5.35. The second-order valence-corrected chi connectivity index (χ2v) is 5.12. The fraction of sp³-hybridized carbons (Fsp3) is 0.143. The Balaban J connectivity index is 2.50. The van der Waals surface area contributed by atoms with E-state index in [0.717, 1.165) is 6.07 Å². The van der Waals surface area contributed by atoms with Crippen LogP contribution >= 0.6 is 15.9 Å². The van der Waals surface area contributed by atoms with Crippen molar-refractivity contribution in [3.8, 4) is 0 Å². The molecule has 1 nitrogen and oxygen atoms in total. The zero-order valence-electron chi connectivity index (χ0n) is 9.92. The van der Waals surface area contributed by atoms with Gasteiger partial charge in [-0.2, -0.15) is 0 Å². The maximum Gasteiger partial charge on any atom is 0.165 e. The van der Waals surface area contributed by atoms with Gasteiger partial charge in [0, 0.05) is 10.0 Å². The van der Waals surface area contributed by atoms with E-state index in [1.807, 2.05) is 0 Å². The van der Waals surface area contributed by atoms with Gasteiger partial charge in [0.15, 0.2) is 11.6 Å². The predicted octanol–water partition coefficient (Wildman–Crippen LogP) is 4.26. The van der Waals surface area contributed by atoms with E-state index in [4.69, 9.17) is 0 Å². The largest absolute Gasteiger partial charge is 0.384 e. The lowest BCUT2D eigenvalue weighted by molar-refractivity contribution is 0.212. The van der Waals surface area contributed by atoms with E-state index in [2.05, 4.69) is 15.9 Å². The van der Waals surface area contributed by atoms with E-state index in [0.29, 0.717) is 4.47 Å². The third kappa shape index (κ3) is 2.82.